The highest BCUT2D eigenvalue weighted by atomic mass is 16.5. The number of nitriles is 2. The van der Waals surface area contributed by atoms with E-state index in [1.165, 1.54) is 0 Å². The van der Waals surface area contributed by atoms with Crippen molar-refractivity contribution in [3.05, 3.63) is 58.7 Å². The Morgan fingerprint density at radius 1 is 0.789 bits per heavy atom. The first kappa shape index (κ1) is 12.7. The SMILES string of the molecule is Cc1cc(C#N)ccc1Oc1ccc(C#N)cc1C. The molecule has 0 aliphatic rings. The molecule has 0 aromatic heterocycles. The molecule has 0 saturated carbocycles. The van der Waals surface area contributed by atoms with E-state index in [2.05, 4.69) is 12.1 Å². The van der Waals surface area contributed by atoms with Crippen LogP contribution in [0.2, 0.25) is 0 Å². The Hall–Kier alpha value is -2.78. The van der Waals surface area contributed by atoms with E-state index >= 15 is 0 Å². The molecule has 3 heteroatoms. The van der Waals surface area contributed by atoms with Gasteiger partial charge in [0.1, 0.15) is 11.5 Å². The monoisotopic (exact) mass is 248 g/mol. The zero-order chi connectivity index (χ0) is 13.8. The third kappa shape index (κ3) is 2.73. The Labute approximate surface area is 112 Å². The third-order valence-corrected chi connectivity index (χ3v) is 2.83. The Balaban J connectivity index is 2.32. The molecule has 0 aliphatic heterocycles. The number of hydrogen-bond donors (Lipinski definition) is 0. The minimum Gasteiger partial charge on any atom is -0.457 e. The third-order valence-electron chi connectivity index (χ3n) is 2.83. The minimum absolute atomic E-state index is 0.612. The fourth-order valence-electron chi connectivity index (χ4n) is 1.79. The van der Waals surface area contributed by atoms with Gasteiger partial charge in [0.25, 0.3) is 0 Å². The second-order valence-corrected chi connectivity index (χ2v) is 4.29. The molecule has 0 N–H and O–H groups in total. The molecular formula is C16H12N2O. The molecule has 0 radical (unpaired) electrons. The normalized spacial score (nSPS) is 9.47. The van der Waals surface area contributed by atoms with Crippen LogP contribution >= 0.6 is 0 Å². The standard InChI is InChI=1S/C16H12N2O/c1-11-7-13(9-17)3-5-15(11)19-16-6-4-14(10-18)8-12(16)2/h3-8H,1-2H3. The van der Waals surface area contributed by atoms with Gasteiger partial charge < -0.3 is 4.74 Å². The summed E-state index contributed by atoms with van der Waals surface area (Å²) in [4.78, 5) is 0. The lowest BCUT2D eigenvalue weighted by Gasteiger charge is -2.11. The molecule has 2 rings (SSSR count). The van der Waals surface area contributed by atoms with Crippen LogP contribution in [0.25, 0.3) is 0 Å². The molecule has 0 unspecified atom stereocenters. The summed E-state index contributed by atoms with van der Waals surface area (Å²) < 4.78 is 5.82. The second-order valence-electron chi connectivity index (χ2n) is 4.29. The molecule has 19 heavy (non-hydrogen) atoms. The summed E-state index contributed by atoms with van der Waals surface area (Å²) in [6.07, 6.45) is 0. The maximum Gasteiger partial charge on any atom is 0.130 e. The van der Waals surface area contributed by atoms with Crippen LogP contribution in [0, 0.1) is 36.5 Å². The van der Waals surface area contributed by atoms with E-state index in [-0.39, 0.29) is 0 Å². The number of benzene rings is 2. The topological polar surface area (TPSA) is 56.8 Å². The number of nitrogens with zero attached hydrogens (tertiary/aromatic N) is 2. The van der Waals surface area contributed by atoms with Gasteiger partial charge in [-0.15, -0.1) is 0 Å². The highest BCUT2D eigenvalue weighted by Gasteiger charge is 2.06. The Bertz CT molecular complexity index is 644. The van der Waals surface area contributed by atoms with Crippen LogP contribution in [0.15, 0.2) is 36.4 Å². The van der Waals surface area contributed by atoms with Crippen molar-refractivity contribution in [1.82, 2.24) is 0 Å². The van der Waals surface area contributed by atoms with Gasteiger partial charge >= 0.3 is 0 Å². The highest BCUT2D eigenvalue weighted by Crippen LogP contribution is 2.28. The van der Waals surface area contributed by atoms with Crippen molar-refractivity contribution in [2.75, 3.05) is 0 Å². The van der Waals surface area contributed by atoms with E-state index in [9.17, 15) is 0 Å². The molecule has 3 nitrogen and oxygen atoms in total. The number of aryl methyl sites for hydroxylation is 2. The summed E-state index contributed by atoms with van der Waals surface area (Å²) in [6, 6.07) is 14.8. The van der Waals surface area contributed by atoms with Gasteiger partial charge in [0.15, 0.2) is 0 Å². The van der Waals surface area contributed by atoms with Crippen LogP contribution in [-0.2, 0) is 0 Å². The minimum atomic E-state index is 0.612. The first-order valence-electron chi connectivity index (χ1n) is 5.83. The van der Waals surface area contributed by atoms with Crippen molar-refractivity contribution in [1.29, 1.82) is 10.5 Å². The van der Waals surface area contributed by atoms with Crippen LogP contribution in [0.3, 0.4) is 0 Å². The van der Waals surface area contributed by atoms with Crippen LogP contribution in [0.5, 0.6) is 11.5 Å². The molecule has 0 spiro atoms. The smallest absolute Gasteiger partial charge is 0.130 e. The maximum absolute atomic E-state index is 8.82. The van der Waals surface area contributed by atoms with Gasteiger partial charge in [-0.05, 0) is 61.4 Å². The fourth-order valence-corrected chi connectivity index (χ4v) is 1.79. The summed E-state index contributed by atoms with van der Waals surface area (Å²) in [5.74, 6) is 1.43. The molecular weight excluding hydrogens is 236 g/mol. The second kappa shape index (κ2) is 5.25. The van der Waals surface area contributed by atoms with Crippen molar-refractivity contribution < 1.29 is 4.74 Å². The molecule has 0 aliphatic carbocycles. The highest BCUT2D eigenvalue weighted by molar-refractivity contribution is 5.46. The van der Waals surface area contributed by atoms with Gasteiger partial charge in [0.05, 0.1) is 23.3 Å². The summed E-state index contributed by atoms with van der Waals surface area (Å²) >= 11 is 0. The summed E-state index contributed by atoms with van der Waals surface area (Å²) in [6.45, 7) is 3.80. The lowest BCUT2D eigenvalue weighted by molar-refractivity contribution is 0.475. The number of hydrogen-bond acceptors (Lipinski definition) is 3. The fraction of sp³-hybridized carbons (Fsp3) is 0.125. The average Bonchev–Trinajstić information content (AvgIpc) is 2.42. The van der Waals surface area contributed by atoms with E-state index < -0.39 is 0 Å². The van der Waals surface area contributed by atoms with Crippen LogP contribution in [-0.4, -0.2) is 0 Å². The predicted molar refractivity (Wildman–Crippen MR) is 71.9 cm³/mol. The van der Waals surface area contributed by atoms with Crippen molar-refractivity contribution >= 4 is 0 Å². The van der Waals surface area contributed by atoms with Crippen LogP contribution in [0.4, 0.5) is 0 Å². The lowest BCUT2D eigenvalue weighted by atomic mass is 10.1. The van der Waals surface area contributed by atoms with Crippen molar-refractivity contribution in [2.45, 2.75) is 13.8 Å². The van der Waals surface area contributed by atoms with Crippen molar-refractivity contribution in [3.8, 4) is 23.6 Å². The van der Waals surface area contributed by atoms with E-state index in [0.717, 1.165) is 11.1 Å². The molecule has 0 atom stereocenters. The summed E-state index contributed by atoms with van der Waals surface area (Å²) in [7, 11) is 0. The van der Waals surface area contributed by atoms with Gasteiger partial charge in [0, 0.05) is 0 Å². The molecule has 2 aromatic carbocycles. The Kier molecular flexibility index (Phi) is 3.50. The van der Waals surface area contributed by atoms with E-state index in [4.69, 9.17) is 15.3 Å². The van der Waals surface area contributed by atoms with E-state index in [1.54, 1.807) is 36.4 Å². The first-order valence-corrected chi connectivity index (χ1v) is 5.83. The summed E-state index contributed by atoms with van der Waals surface area (Å²) in [5, 5.41) is 17.6. The average molecular weight is 248 g/mol. The number of ether oxygens (including phenoxy) is 1. The van der Waals surface area contributed by atoms with Crippen LogP contribution < -0.4 is 4.74 Å². The molecule has 92 valence electrons. The van der Waals surface area contributed by atoms with Crippen LogP contribution in [0.1, 0.15) is 22.3 Å². The van der Waals surface area contributed by atoms with Gasteiger partial charge in [-0.25, -0.2) is 0 Å². The zero-order valence-electron chi connectivity index (χ0n) is 10.8. The van der Waals surface area contributed by atoms with Crippen molar-refractivity contribution in [3.63, 3.8) is 0 Å². The van der Waals surface area contributed by atoms with Gasteiger partial charge in [0.2, 0.25) is 0 Å². The van der Waals surface area contributed by atoms with Gasteiger partial charge in [-0.2, -0.15) is 10.5 Å². The molecule has 2 aromatic rings. The molecule has 0 saturated heterocycles. The predicted octanol–water partition coefficient (Wildman–Crippen LogP) is 3.84. The van der Waals surface area contributed by atoms with E-state index in [0.29, 0.717) is 22.6 Å². The van der Waals surface area contributed by atoms with Gasteiger partial charge in [-0.1, -0.05) is 0 Å². The molecule has 0 bridgehead atoms. The van der Waals surface area contributed by atoms with Crippen molar-refractivity contribution in [2.24, 2.45) is 0 Å². The Morgan fingerprint density at radius 3 is 1.53 bits per heavy atom. The quantitative estimate of drug-likeness (QED) is 0.811. The molecule has 0 amide bonds. The lowest BCUT2D eigenvalue weighted by Crippen LogP contribution is -1.91. The molecule has 0 fully saturated rings. The number of rotatable bonds is 2. The largest absolute Gasteiger partial charge is 0.457 e. The van der Waals surface area contributed by atoms with Gasteiger partial charge in [-0.3, -0.25) is 0 Å². The maximum atomic E-state index is 8.82. The summed E-state index contributed by atoms with van der Waals surface area (Å²) in [5.41, 5.74) is 3.04. The molecule has 0 heterocycles. The first-order chi connectivity index (χ1) is 9.13. The Morgan fingerprint density at radius 2 is 1.21 bits per heavy atom. The van der Waals surface area contributed by atoms with E-state index in [1.807, 2.05) is 13.8 Å². The zero-order valence-corrected chi connectivity index (χ0v) is 10.8.